The van der Waals surface area contributed by atoms with Crippen molar-refractivity contribution in [3.63, 3.8) is 0 Å². The molecule has 1 N–H and O–H groups in total. The van der Waals surface area contributed by atoms with E-state index in [0.29, 0.717) is 12.1 Å². The largest absolute Gasteiger partial charge is 0.478 e. The topological polar surface area (TPSA) is 88.5 Å². The van der Waals surface area contributed by atoms with Crippen molar-refractivity contribution in [1.29, 1.82) is 0 Å². The number of carboxylic acid groups (broad SMARTS) is 1. The molecule has 0 aliphatic heterocycles. The van der Waals surface area contributed by atoms with E-state index in [0.717, 1.165) is 6.26 Å². The third kappa shape index (κ3) is 2.70. The summed E-state index contributed by atoms with van der Waals surface area (Å²) in [7, 11) is -3.88. The predicted octanol–water partition coefficient (Wildman–Crippen LogP) is 1.54. The van der Waals surface area contributed by atoms with Crippen LogP contribution in [-0.4, -0.2) is 32.0 Å². The zero-order valence-electron chi connectivity index (χ0n) is 9.05. The molecule has 98 valence electrons. The van der Waals surface area contributed by atoms with Crippen LogP contribution < -0.4 is 0 Å². The summed E-state index contributed by atoms with van der Waals surface area (Å²) in [6.07, 6.45) is -2.28. The van der Waals surface area contributed by atoms with Gasteiger partial charge in [-0.3, -0.25) is 4.79 Å². The number of hydrogen-bond acceptors (Lipinski definition) is 4. The fourth-order valence-corrected chi connectivity index (χ4v) is 2.26. The molecule has 0 atom stereocenters. The van der Waals surface area contributed by atoms with Gasteiger partial charge in [-0.1, -0.05) is 0 Å². The average molecular weight is 278 g/mol. The van der Waals surface area contributed by atoms with Crippen molar-refractivity contribution in [3.05, 3.63) is 28.8 Å². The van der Waals surface area contributed by atoms with E-state index >= 15 is 0 Å². The molecular weight excluding hydrogens is 270 g/mol. The van der Waals surface area contributed by atoms with Crippen LogP contribution in [0.5, 0.6) is 0 Å². The molecule has 0 spiro atoms. The number of alkyl halides is 2. The molecule has 1 aromatic rings. The summed E-state index contributed by atoms with van der Waals surface area (Å²) in [5.41, 5.74) is -2.22. The highest BCUT2D eigenvalue weighted by Crippen LogP contribution is 2.28. The molecule has 5 nitrogen and oxygen atoms in total. The standard InChI is InChI=1S/C10H8F2O5S/c1-18(16,17)8-3-7(10(14)15)6(9(11)12)2-5(8)4-13/h2-4,9H,1H3,(H,14,15). The number of rotatable bonds is 4. The number of carbonyl (C=O) groups is 2. The smallest absolute Gasteiger partial charge is 0.336 e. The van der Waals surface area contributed by atoms with Gasteiger partial charge in [0.2, 0.25) is 0 Å². The number of aromatic carboxylic acids is 1. The molecule has 0 saturated carbocycles. The number of carbonyl (C=O) groups excluding carboxylic acids is 1. The Morgan fingerprint density at radius 3 is 2.28 bits per heavy atom. The lowest BCUT2D eigenvalue weighted by atomic mass is 10.0. The van der Waals surface area contributed by atoms with Crippen molar-refractivity contribution in [3.8, 4) is 0 Å². The fraction of sp³-hybridized carbons (Fsp3) is 0.200. The van der Waals surface area contributed by atoms with Crippen molar-refractivity contribution < 1.29 is 31.9 Å². The molecule has 0 radical (unpaired) electrons. The maximum absolute atomic E-state index is 12.6. The zero-order valence-corrected chi connectivity index (χ0v) is 9.87. The van der Waals surface area contributed by atoms with Gasteiger partial charge in [-0.05, 0) is 12.1 Å². The number of aldehydes is 1. The Bertz CT molecular complexity index is 607. The highest BCUT2D eigenvalue weighted by Gasteiger charge is 2.24. The Kier molecular flexibility index (Phi) is 3.80. The summed E-state index contributed by atoms with van der Waals surface area (Å²) < 4.78 is 47.9. The predicted molar refractivity (Wildman–Crippen MR) is 56.9 cm³/mol. The summed E-state index contributed by atoms with van der Waals surface area (Å²) in [5, 5.41) is 8.75. The van der Waals surface area contributed by atoms with Gasteiger partial charge < -0.3 is 5.11 Å². The fourth-order valence-electron chi connectivity index (χ4n) is 1.39. The number of sulfone groups is 1. The van der Waals surface area contributed by atoms with Gasteiger partial charge >= 0.3 is 5.97 Å². The second kappa shape index (κ2) is 4.81. The van der Waals surface area contributed by atoms with Crippen LogP contribution in [0.3, 0.4) is 0 Å². The summed E-state index contributed by atoms with van der Waals surface area (Å²) in [6, 6.07) is 1.15. The van der Waals surface area contributed by atoms with Gasteiger partial charge in [0.1, 0.15) is 0 Å². The number of halogens is 2. The Morgan fingerprint density at radius 2 is 1.94 bits per heavy atom. The van der Waals surface area contributed by atoms with Crippen molar-refractivity contribution in [2.45, 2.75) is 11.3 Å². The first-order chi connectivity index (χ1) is 8.18. The SMILES string of the molecule is CS(=O)(=O)c1cc(C(=O)O)c(C(F)F)cc1C=O. The molecule has 1 aromatic carbocycles. The van der Waals surface area contributed by atoms with Gasteiger partial charge in [-0.15, -0.1) is 0 Å². The summed E-state index contributed by atoms with van der Waals surface area (Å²) in [6.45, 7) is 0. The van der Waals surface area contributed by atoms with E-state index in [4.69, 9.17) is 5.11 Å². The molecule has 1 rings (SSSR count). The highest BCUT2D eigenvalue weighted by molar-refractivity contribution is 7.90. The first-order valence-electron chi connectivity index (χ1n) is 4.53. The van der Waals surface area contributed by atoms with Crippen molar-refractivity contribution >= 4 is 22.1 Å². The maximum Gasteiger partial charge on any atom is 0.336 e. The minimum absolute atomic E-state index is 0.0912. The molecular formula is C10H8F2O5S. The van der Waals surface area contributed by atoms with Crippen LogP contribution in [0.4, 0.5) is 8.78 Å². The highest BCUT2D eigenvalue weighted by atomic mass is 32.2. The van der Waals surface area contributed by atoms with E-state index in [1.54, 1.807) is 0 Å². The van der Waals surface area contributed by atoms with Crippen LogP contribution in [-0.2, 0) is 9.84 Å². The molecule has 8 heteroatoms. The van der Waals surface area contributed by atoms with Crippen LogP contribution in [0, 0.1) is 0 Å². The van der Waals surface area contributed by atoms with Crippen LogP contribution in [0.15, 0.2) is 17.0 Å². The van der Waals surface area contributed by atoms with Gasteiger partial charge in [-0.25, -0.2) is 22.0 Å². The minimum Gasteiger partial charge on any atom is -0.478 e. The Balaban J connectivity index is 3.73. The van der Waals surface area contributed by atoms with Gasteiger partial charge in [0.25, 0.3) is 6.43 Å². The molecule has 0 fully saturated rings. The first kappa shape index (κ1) is 14.2. The molecule has 0 saturated heterocycles. The Hall–Kier alpha value is -1.83. The van der Waals surface area contributed by atoms with Crippen LogP contribution in [0.2, 0.25) is 0 Å². The van der Waals surface area contributed by atoms with E-state index in [-0.39, 0.29) is 6.29 Å². The lowest BCUT2D eigenvalue weighted by Crippen LogP contribution is -2.09. The molecule has 0 bridgehead atoms. The number of hydrogen-bond donors (Lipinski definition) is 1. The summed E-state index contributed by atoms with van der Waals surface area (Å²) >= 11 is 0. The van der Waals surface area contributed by atoms with Crippen molar-refractivity contribution in [2.24, 2.45) is 0 Å². The van der Waals surface area contributed by atoms with E-state index in [1.165, 1.54) is 0 Å². The van der Waals surface area contributed by atoms with Crippen LogP contribution in [0.25, 0.3) is 0 Å². The van der Waals surface area contributed by atoms with Gasteiger partial charge in [0, 0.05) is 17.4 Å². The van der Waals surface area contributed by atoms with E-state index in [2.05, 4.69) is 0 Å². The van der Waals surface area contributed by atoms with E-state index in [1.807, 2.05) is 0 Å². The molecule has 0 heterocycles. The minimum atomic E-state index is -3.88. The second-order valence-electron chi connectivity index (χ2n) is 3.47. The molecule has 18 heavy (non-hydrogen) atoms. The number of benzene rings is 1. The van der Waals surface area contributed by atoms with Crippen LogP contribution in [0.1, 0.15) is 32.7 Å². The molecule has 0 aliphatic carbocycles. The first-order valence-corrected chi connectivity index (χ1v) is 6.42. The maximum atomic E-state index is 12.6. The lowest BCUT2D eigenvalue weighted by molar-refractivity contribution is 0.0683. The van der Waals surface area contributed by atoms with Gasteiger partial charge in [0.15, 0.2) is 16.1 Å². The molecule has 0 unspecified atom stereocenters. The van der Waals surface area contributed by atoms with Crippen molar-refractivity contribution in [2.75, 3.05) is 6.26 Å². The summed E-state index contributed by atoms with van der Waals surface area (Å²) in [5.74, 6) is -1.69. The Morgan fingerprint density at radius 1 is 1.39 bits per heavy atom. The number of carboxylic acids is 1. The molecule has 0 aliphatic rings. The second-order valence-corrected chi connectivity index (χ2v) is 5.46. The van der Waals surface area contributed by atoms with E-state index < -0.39 is 43.8 Å². The monoisotopic (exact) mass is 278 g/mol. The third-order valence-corrected chi connectivity index (χ3v) is 3.33. The Labute approximate surface area is 101 Å². The molecule has 0 amide bonds. The zero-order chi connectivity index (χ0) is 14.1. The van der Waals surface area contributed by atoms with Crippen LogP contribution >= 0.6 is 0 Å². The van der Waals surface area contributed by atoms with E-state index in [9.17, 15) is 26.8 Å². The van der Waals surface area contributed by atoms with Crippen molar-refractivity contribution in [1.82, 2.24) is 0 Å². The third-order valence-electron chi connectivity index (χ3n) is 2.17. The molecule has 0 aromatic heterocycles. The normalized spacial score (nSPS) is 11.6. The van der Waals surface area contributed by atoms with Gasteiger partial charge in [0.05, 0.1) is 10.5 Å². The lowest BCUT2D eigenvalue weighted by Gasteiger charge is -2.09. The average Bonchev–Trinajstić information content (AvgIpc) is 2.25. The summed E-state index contributed by atoms with van der Waals surface area (Å²) in [4.78, 5) is 20.9. The van der Waals surface area contributed by atoms with Gasteiger partial charge in [-0.2, -0.15) is 0 Å². The quantitative estimate of drug-likeness (QED) is 0.844.